The second-order valence-corrected chi connectivity index (χ2v) is 6.17. The van der Waals surface area contributed by atoms with Gasteiger partial charge in [0, 0.05) is 5.25 Å². The van der Waals surface area contributed by atoms with Gasteiger partial charge in [0.2, 0.25) is 0 Å². The summed E-state index contributed by atoms with van der Waals surface area (Å²) in [5, 5.41) is 0.866. The summed E-state index contributed by atoms with van der Waals surface area (Å²) in [5.74, 6) is 2.11. The van der Waals surface area contributed by atoms with Crippen LogP contribution in [-0.2, 0) is 0 Å². The number of fused-ring (bicyclic) bond motifs is 1. The Morgan fingerprint density at radius 1 is 1.43 bits per heavy atom. The number of hydrogen-bond acceptors (Lipinski definition) is 1. The van der Waals surface area contributed by atoms with Crippen molar-refractivity contribution in [1.29, 1.82) is 0 Å². The van der Waals surface area contributed by atoms with Crippen LogP contribution < -0.4 is 0 Å². The first kappa shape index (κ1) is 10.6. The summed E-state index contributed by atoms with van der Waals surface area (Å²) in [4.78, 5) is 0. The second-order valence-electron chi connectivity index (χ2n) is 4.89. The Kier molecular flexibility index (Phi) is 3.59. The van der Waals surface area contributed by atoms with E-state index in [1.807, 2.05) is 11.8 Å². The van der Waals surface area contributed by atoms with Gasteiger partial charge in [-0.3, -0.25) is 0 Å². The lowest BCUT2D eigenvalue weighted by Crippen LogP contribution is -1.99. The molecule has 0 nitrogen and oxygen atoms in total. The van der Waals surface area contributed by atoms with Gasteiger partial charge < -0.3 is 0 Å². The van der Waals surface area contributed by atoms with Crippen molar-refractivity contribution >= 4 is 11.8 Å². The topological polar surface area (TPSA) is 0 Å². The average molecular weight is 210 g/mol. The van der Waals surface area contributed by atoms with Gasteiger partial charge in [-0.05, 0) is 43.8 Å². The lowest BCUT2D eigenvalue weighted by molar-refractivity contribution is 0.614. The second kappa shape index (κ2) is 4.74. The van der Waals surface area contributed by atoms with E-state index in [0.29, 0.717) is 0 Å². The molecule has 1 fully saturated rings. The fraction of sp³-hybridized carbons (Fsp3) is 0.846. The highest BCUT2D eigenvalue weighted by Crippen LogP contribution is 2.55. The van der Waals surface area contributed by atoms with E-state index in [1.165, 1.54) is 38.5 Å². The predicted octanol–water partition coefficient (Wildman–Crippen LogP) is 4.26. The van der Waals surface area contributed by atoms with E-state index in [1.54, 1.807) is 5.57 Å². The molecule has 0 N–H and O–H groups in total. The Morgan fingerprint density at radius 2 is 2.29 bits per heavy atom. The van der Waals surface area contributed by atoms with E-state index in [0.717, 1.165) is 17.1 Å². The molecule has 0 saturated heterocycles. The zero-order chi connectivity index (χ0) is 9.97. The van der Waals surface area contributed by atoms with Gasteiger partial charge in [-0.25, -0.2) is 0 Å². The maximum atomic E-state index is 2.52. The molecule has 3 atom stereocenters. The minimum atomic E-state index is 0.866. The third-order valence-corrected chi connectivity index (χ3v) is 4.76. The molecule has 0 aliphatic heterocycles. The third-order valence-electron chi connectivity index (χ3n) is 3.72. The smallest absolute Gasteiger partial charge is 0.00159 e. The Hall–Kier alpha value is 0.0900. The predicted molar refractivity (Wildman–Crippen MR) is 65.7 cm³/mol. The molecule has 0 amide bonds. The van der Waals surface area contributed by atoms with Crippen molar-refractivity contribution in [1.82, 2.24) is 0 Å². The molecule has 0 aromatic rings. The Morgan fingerprint density at radius 3 is 2.86 bits per heavy atom. The van der Waals surface area contributed by atoms with Crippen LogP contribution in [0.3, 0.4) is 0 Å². The molecular formula is C13H22S. The van der Waals surface area contributed by atoms with Gasteiger partial charge in [0.1, 0.15) is 0 Å². The van der Waals surface area contributed by atoms with Gasteiger partial charge in [-0.1, -0.05) is 31.4 Å². The van der Waals surface area contributed by atoms with Gasteiger partial charge in [0.15, 0.2) is 0 Å². The lowest BCUT2D eigenvalue weighted by atomic mass is 9.93. The van der Waals surface area contributed by atoms with E-state index >= 15 is 0 Å². The highest BCUT2D eigenvalue weighted by molar-refractivity contribution is 7.99. The molecule has 3 unspecified atom stereocenters. The number of hydrogen-bond donors (Lipinski definition) is 0. The fourth-order valence-corrected chi connectivity index (χ4v) is 2.83. The lowest BCUT2D eigenvalue weighted by Gasteiger charge is -2.13. The van der Waals surface area contributed by atoms with Crippen LogP contribution in [0.2, 0.25) is 0 Å². The summed E-state index contributed by atoms with van der Waals surface area (Å²) >= 11 is 2.00. The Bertz CT molecular complexity index is 219. The molecule has 0 aromatic carbocycles. The fourth-order valence-electron chi connectivity index (χ4n) is 2.43. The van der Waals surface area contributed by atoms with Crippen LogP contribution in [0.25, 0.3) is 0 Å². The van der Waals surface area contributed by atoms with Crippen molar-refractivity contribution in [3.05, 3.63) is 11.6 Å². The summed E-state index contributed by atoms with van der Waals surface area (Å²) in [7, 11) is 0. The van der Waals surface area contributed by atoms with Crippen molar-refractivity contribution in [2.45, 2.75) is 50.7 Å². The molecule has 2 aliphatic rings. The maximum Gasteiger partial charge on any atom is 0.00159 e. The van der Waals surface area contributed by atoms with Crippen LogP contribution in [0.15, 0.2) is 11.6 Å². The van der Waals surface area contributed by atoms with Gasteiger partial charge >= 0.3 is 0 Å². The van der Waals surface area contributed by atoms with E-state index < -0.39 is 0 Å². The minimum Gasteiger partial charge on any atom is -0.162 e. The van der Waals surface area contributed by atoms with Crippen LogP contribution in [-0.4, -0.2) is 11.5 Å². The first-order valence-corrected chi connectivity index (χ1v) is 7.33. The molecule has 14 heavy (non-hydrogen) atoms. The molecule has 2 aliphatic carbocycles. The van der Waals surface area contributed by atoms with Crippen molar-refractivity contribution in [3.8, 4) is 0 Å². The summed E-state index contributed by atoms with van der Waals surface area (Å²) in [6.45, 7) is 2.34. The zero-order valence-corrected chi connectivity index (χ0v) is 10.3. The summed E-state index contributed by atoms with van der Waals surface area (Å²) < 4.78 is 0. The molecule has 0 spiro atoms. The molecule has 0 aromatic heterocycles. The normalized spacial score (nSPS) is 30.3. The van der Waals surface area contributed by atoms with Crippen LogP contribution >= 0.6 is 11.8 Å². The highest BCUT2D eigenvalue weighted by Gasteiger charge is 2.45. The minimum absolute atomic E-state index is 0.866. The van der Waals surface area contributed by atoms with Crippen LogP contribution in [0, 0.1) is 11.8 Å². The first-order chi connectivity index (χ1) is 6.81. The third kappa shape index (κ3) is 2.56. The summed E-state index contributed by atoms with van der Waals surface area (Å²) in [6.07, 6.45) is 13.4. The summed E-state index contributed by atoms with van der Waals surface area (Å²) in [5.41, 5.74) is 1.80. The molecule has 1 saturated carbocycles. The van der Waals surface area contributed by atoms with Gasteiger partial charge in [0.25, 0.3) is 0 Å². The van der Waals surface area contributed by atoms with Crippen molar-refractivity contribution in [2.75, 3.05) is 6.26 Å². The Balaban J connectivity index is 1.44. The van der Waals surface area contributed by atoms with E-state index in [9.17, 15) is 0 Å². The van der Waals surface area contributed by atoms with Crippen molar-refractivity contribution < 1.29 is 0 Å². The van der Waals surface area contributed by atoms with E-state index in [2.05, 4.69) is 19.3 Å². The molecule has 80 valence electrons. The van der Waals surface area contributed by atoms with Gasteiger partial charge in [0.05, 0.1) is 0 Å². The highest BCUT2D eigenvalue weighted by atomic mass is 32.2. The molecular weight excluding hydrogens is 188 g/mol. The van der Waals surface area contributed by atoms with E-state index in [-0.39, 0.29) is 0 Å². The van der Waals surface area contributed by atoms with Gasteiger partial charge in [-0.2, -0.15) is 11.8 Å². The molecule has 0 bridgehead atoms. The van der Waals surface area contributed by atoms with E-state index in [4.69, 9.17) is 0 Å². The van der Waals surface area contributed by atoms with Crippen LogP contribution in [0.5, 0.6) is 0 Å². The quantitative estimate of drug-likeness (QED) is 0.447. The number of rotatable bonds is 7. The number of unbranched alkanes of at least 4 members (excludes halogenated alkanes) is 2. The number of thioether (sulfide) groups is 1. The van der Waals surface area contributed by atoms with Crippen molar-refractivity contribution in [3.63, 3.8) is 0 Å². The molecule has 0 radical (unpaired) electrons. The zero-order valence-electron chi connectivity index (χ0n) is 9.46. The molecule has 1 heteroatoms. The molecule has 2 rings (SSSR count). The average Bonchev–Trinajstić information content (AvgIpc) is 2.82. The largest absolute Gasteiger partial charge is 0.162 e. The first-order valence-electron chi connectivity index (χ1n) is 6.04. The van der Waals surface area contributed by atoms with Crippen molar-refractivity contribution in [2.24, 2.45) is 11.8 Å². The number of allylic oxidation sites excluding steroid dienone is 2. The molecule has 0 heterocycles. The maximum absolute atomic E-state index is 2.52. The van der Waals surface area contributed by atoms with Crippen LogP contribution in [0.1, 0.15) is 45.4 Å². The standard InChI is InChI=1S/C13H22S/c1-10(14-2)6-4-3-5-7-11-8-12-9-13(11)12/h8,10,12-13H,3-7,9H2,1-2H3. The SMILES string of the molecule is CSC(C)CCCCCC1=CC2CC12. The van der Waals surface area contributed by atoms with Crippen LogP contribution in [0.4, 0.5) is 0 Å². The monoisotopic (exact) mass is 210 g/mol. The van der Waals surface area contributed by atoms with Gasteiger partial charge in [-0.15, -0.1) is 0 Å². The summed E-state index contributed by atoms with van der Waals surface area (Å²) in [6, 6.07) is 0. The Labute approximate surface area is 92.5 Å².